The molecular formula is C15H22N2O4S. The first-order valence-corrected chi connectivity index (χ1v) is 8.56. The van der Waals surface area contributed by atoms with E-state index in [1.807, 2.05) is 7.05 Å². The molecular weight excluding hydrogens is 304 g/mol. The van der Waals surface area contributed by atoms with Gasteiger partial charge in [0.2, 0.25) is 10.0 Å². The maximum atomic E-state index is 12.6. The molecule has 1 aliphatic heterocycles. The Morgan fingerprint density at radius 2 is 2.14 bits per heavy atom. The second kappa shape index (κ2) is 5.98. The molecule has 0 radical (unpaired) electrons. The lowest BCUT2D eigenvalue weighted by molar-refractivity contribution is 0.0696. The van der Waals surface area contributed by atoms with Gasteiger partial charge in [0.15, 0.2) is 0 Å². The van der Waals surface area contributed by atoms with Crippen LogP contribution in [0.25, 0.3) is 0 Å². The van der Waals surface area contributed by atoms with Crippen LogP contribution in [-0.2, 0) is 10.0 Å². The molecule has 1 aliphatic rings. The van der Waals surface area contributed by atoms with Crippen molar-refractivity contribution in [1.29, 1.82) is 0 Å². The van der Waals surface area contributed by atoms with Gasteiger partial charge in [-0.05, 0) is 43.6 Å². The van der Waals surface area contributed by atoms with Gasteiger partial charge in [-0.2, -0.15) is 0 Å². The minimum atomic E-state index is -3.69. The summed E-state index contributed by atoms with van der Waals surface area (Å²) in [6.07, 6.45) is 0.943. The predicted octanol–water partition coefficient (Wildman–Crippen LogP) is 1.35. The molecule has 2 rings (SSSR count). The van der Waals surface area contributed by atoms with E-state index < -0.39 is 16.0 Å². The van der Waals surface area contributed by atoms with Crippen LogP contribution in [0.15, 0.2) is 29.2 Å². The van der Waals surface area contributed by atoms with Gasteiger partial charge >= 0.3 is 5.97 Å². The van der Waals surface area contributed by atoms with E-state index in [2.05, 4.69) is 11.8 Å². The monoisotopic (exact) mass is 326 g/mol. The second-order valence-corrected chi connectivity index (χ2v) is 8.44. The van der Waals surface area contributed by atoms with Crippen molar-refractivity contribution in [2.75, 3.05) is 33.7 Å². The van der Waals surface area contributed by atoms with Crippen LogP contribution in [0, 0.1) is 5.41 Å². The second-order valence-electron chi connectivity index (χ2n) is 6.39. The summed E-state index contributed by atoms with van der Waals surface area (Å²) in [6.45, 7) is 4.30. The molecule has 1 heterocycles. The van der Waals surface area contributed by atoms with Gasteiger partial charge in [0.25, 0.3) is 0 Å². The molecule has 1 atom stereocenters. The van der Waals surface area contributed by atoms with Crippen molar-refractivity contribution in [3.05, 3.63) is 29.8 Å². The summed E-state index contributed by atoms with van der Waals surface area (Å²) in [6, 6.07) is 5.47. The number of carboxylic acids is 1. The number of hydrogen-bond acceptors (Lipinski definition) is 4. The molecule has 22 heavy (non-hydrogen) atoms. The van der Waals surface area contributed by atoms with Crippen LogP contribution >= 0.6 is 0 Å². The number of hydrogen-bond donors (Lipinski definition) is 1. The van der Waals surface area contributed by atoms with E-state index >= 15 is 0 Å². The van der Waals surface area contributed by atoms with Crippen LogP contribution in [0.3, 0.4) is 0 Å². The van der Waals surface area contributed by atoms with E-state index in [1.54, 1.807) is 7.05 Å². The topological polar surface area (TPSA) is 77.9 Å². The average Bonchev–Trinajstić information content (AvgIpc) is 2.78. The highest BCUT2D eigenvalue weighted by atomic mass is 32.2. The van der Waals surface area contributed by atoms with Crippen molar-refractivity contribution < 1.29 is 18.3 Å². The van der Waals surface area contributed by atoms with E-state index in [0.717, 1.165) is 19.5 Å². The Bertz CT molecular complexity index is 674. The van der Waals surface area contributed by atoms with Crippen molar-refractivity contribution in [2.24, 2.45) is 5.41 Å². The lowest BCUT2D eigenvalue weighted by Gasteiger charge is -2.29. The fourth-order valence-electron chi connectivity index (χ4n) is 2.99. The number of benzene rings is 1. The first-order chi connectivity index (χ1) is 10.1. The predicted molar refractivity (Wildman–Crippen MR) is 83.4 cm³/mol. The Balaban J connectivity index is 2.22. The zero-order chi connectivity index (χ0) is 16.5. The maximum Gasteiger partial charge on any atom is 0.335 e. The van der Waals surface area contributed by atoms with E-state index in [-0.39, 0.29) is 15.9 Å². The van der Waals surface area contributed by atoms with E-state index in [0.29, 0.717) is 6.54 Å². The van der Waals surface area contributed by atoms with Crippen LogP contribution < -0.4 is 0 Å². The molecule has 0 aliphatic carbocycles. The zero-order valence-electron chi connectivity index (χ0n) is 13.1. The number of nitrogens with zero attached hydrogens (tertiary/aromatic N) is 2. The largest absolute Gasteiger partial charge is 0.478 e. The minimum Gasteiger partial charge on any atom is -0.478 e. The van der Waals surface area contributed by atoms with Crippen LogP contribution in [0.1, 0.15) is 23.7 Å². The first kappa shape index (κ1) is 16.9. The zero-order valence-corrected chi connectivity index (χ0v) is 13.9. The number of carboxylic acid groups (broad SMARTS) is 1. The van der Waals surface area contributed by atoms with Crippen LogP contribution in [0.5, 0.6) is 0 Å². The average molecular weight is 326 g/mol. The third-order valence-electron chi connectivity index (χ3n) is 4.14. The number of sulfonamides is 1. The highest BCUT2D eigenvalue weighted by Crippen LogP contribution is 2.31. The summed E-state index contributed by atoms with van der Waals surface area (Å²) in [5.74, 6) is -1.14. The first-order valence-electron chi connectivity index (χ1n) is 7.12. The fraction of sp³-hybridized carbons (Fsp3) is 0.533. The number of likely N-dealkylation sites (tertiary alicyclic amines) is 1. The van der Waals surface area contributed by atoms with Gasteiger partial charge in [0.1, 0.15) is 0 Å². The molecule has 0 aromatic heterocycles. The van der Waals surface area contributed by atoms with Gasteiger partial charge in [-0.1, -0.05) is 13.0 Å². The minimum absolute atomic E-state index is 0.0184. The molecule has 0 amide bonds. The van der Waals surface area contributed by atoms with Gasteiger partial charge < -0.3 is 10.0 Å². The van der Waals surface area contributed by atoms with Crippen molar-refractivity contribution >= 4 is 16.0 Å². The van der Waals surface area contributed by atoms with Crippen molar-refractivity contribution in [3.63, 3.8) is 0 Å². The smallest absolute Gasteiger partial charge is 0.335 e. The summed E-state index contributed by atoms with van der Waals surface area (Å²) in [5, 5.41) is 9.00. The van der Waals surface area contributed by atoms with E-state index in [4.69, 9.17) is 5.11 Å². The molecule has 122 valence electrons. The Hall–Kier alpha value is -1.44. The molecule has 1 aromatic carbocycles. The summed E-state index contributed by atoms with van der Waals surface area (Å²) >= 11 is 0. The van der Waals surface area contributed by atoms with Crippen molar-refractivity contribution in [3.8, 4) is 0 Å². The molecule has 7 heteroatoms. The third kappa shape index (κ3) is 3.48. The standard InChI is InChI=1S/C15H22N2O4S/c1-15(7-8-16(2)10-15)11-17(3)22(20,21)13-6-4-5-12(9-13)14(18)19/h4-6,9H,7-8,10-11H2,1-3H3,(H,18,19)/t15-/m1/s1. The Labute approximate surface area is 131 Å². The fourth-order valence-corrected chi connectivity index (χ4v) is 4.36. The molecule has 1 N–H and O–H groups in total. The highest BCUT2D eigenvalue weighted by Gasteiger charge is 2.36. The van der Waals surface area contributed by atoms with Gasteiger partial charge in [-0.15, -0.1) is 0 Å². The lowest BCUT2D eigenvalue weighted by Crippen LogP contribution is -2.38. The Morgan fingerprint density at radius 3 is 2.68 bits per heavy atom. The molecule has 1 fully saturated rings. The molecule has 1 aromatic rings. The molecule has 0 spiro atoms. The number of aromatic carboxylic acids is 1. The quantitative estimate of drug-likeness (QED) is 0.883. The van der Waals surface area contributed by atoms with E-state index in [1.165, 1.54) is 28.6 Å². The number of rotatable bonds is 5. The highest BCUT2D eigenvalue weighted by molar-refractivity contribution is 7.89. The Morgan fingerprint density at radius 1 is 1.45 bits per heavy atom. The van der Waals surface area contributed by atoms with Gasteiger partial charge in [-0.25, -0.2) is 17.5 Å². The van der Waals surface area contributed by atoms with Gasteiger partial charge in [0.05, 0.1) is 10.5 Å². The van der Waals surface area contributed by atoms with Crippen molar-refractivity contribution in [1.82, 2.24) is 9.21 Å². The molecule has 0 unspecified atom stereocenters. The summed E-state index contributed by atoms with van der Waals surface area (Å²) in [5.41, 5.74) is -0.109. The number of carbonyl (C=O) groups is 1. The summed E-state index contributed by atoms with van der Waals surface area (Å²) < 4.78 is 26.6. The summed E-state index contributed by atoms with van der Waals surface area (Å²) in [4.78, 5) is 13.2. The van der Waals surface area contributed by atoms with Crippen LogP contribution in [-0.4, -0.2) is 62.4 Å². The Kier molecular flexibility index (Phi) is 4.60. The molecule has 0 saturated carbocycles. The van der Waals surface area contributed by atoms with Gasteiger partial charge in [-0.3, -0.25) is 0 Å². The van der Waals surface area contributed by atoms with Crippen molar-refractivity contribution in [2.45, 2.75) is 18.2 Å². The third-order valence-corrected chi connectivity index (χ3v) is 5.94. The van der Waals surface area contributed by atoms with Gasteiger partial charge in [0, 0.05) is 20.1 Å². The lowest BCUT2D eigenvalue weighted by atomic mass is 9.90. The van der Waals surface area contributed by atoms with Crippen LogP contribution in [0.2, 0.25) is 0 Å². The molecule has 1 saturated heterocycles. The SMILES string of the molecule is CN1CC[C@@](C)(CN(C)S(=O)(=O)c2cccc(C(=O)O)c2)C1. The molecule has 6 nitrogen and oxygen atoms in total. The van der Waals surface area contributed by atoms with Crippen LogP contribution in [0.4, 0.5) is 0 Å². The van der Waals surface area contributed by atoms with E-state index in [9.17, 15) is 13.2 Å². The molecule has 0 bridgehead atoms. The summed E-state index contributed by atoms with van der Waals surface area (Å²) in [7, 11) is -0.115. The maximum absolute atomic E-state index is 12.6. The normalized spacial score (nSPS) is 23.1.